The number of likely N-dealkylation sites (N-methyl/N-ethyl adjacent to an activating group) is 1. The zero-order valence-corrected chi connectivity index (χ0v) is 8.91. The lowest BCUT2D eigenvalue weighted by Crippen LogP contribution is -2.31. The molecule has 4 nitrogen and oxygen atoms in total. The molecule has 1 unspecified atom stereocenters. The quantitative estimate of drug-likeness (QED) is 0.774. The van der Waals surface area contributed by atoms with Crippen molar-refractivity contribution in [2.75, 3.05) is 6.54 Å². The van der Waals surface area contributed by atoms with Crippen LogP contribution in [0.25, 0.3) is 0 Å². The number of hydrogen-bond acceptors (Lipinski definition) is 3. The van der Waals surface area contributed by atoms with Crippen LogP contribution in [0.1, 0.15) is 18.3 Å². The van der Waals surface area contributed by atoms with Crippen LogP contribution in [-0.4, -0.2) is 22.1 Å². The summed E-state index contributed by atoms with van der Waals surface area (Å²) in [5.74, 6) is 0. The van der Waals surface area contributed by atoms with E-state index in [4.69, 9.17) is 5.26 Å². The monoisotopic (exact) mass is 192 g/mol. The van der Waals surface area contributed by atoms with Crippen molar-refractivity contribution < 1.29 is 0 Å². The van der Waals surface area contributed by atoms with Crippen molar-refractivity contribution in [1.82, 2.24) is 14.9 Å². The fourth-order valence-electron chi connectivity index (χ4n) is 1.32. The van der Waals surface area contributed by atoms with Gasteiger partial charge < -0.3 is 9.88 Å². The van der Waals surface area contributed by atoms with Crippen LogP contribution in [0.5, 0.6) is 0 Å². The lowest BCUT2D eigenvalue weighted by molar-refractivity contribution is 0.529. The van der Waals surface area contributed by atoms with Gasteiger partial charge in [-0.3, -0.25) is 0 Å². The molecule has 0 aliphatic heterocycles. The highest BCUT2D eigenvalue weighted by atomic mass is 15.1. The second kappa shape index (κ2) is 4.77. The van der Waals surface area contributed by atoms with Gasteiger partial charge in [-0.15, -0.1) is 0 Å². The number of aromatic nitrogens is 2. The van der Waals surface area contributed by atoms with Gasteiger partial charge in [0.05, 0.1) is 24.6 Å². The molecule has 0 fully saturated rings. The number of nitrogens with one attached hydrogen (secondary N) is 1. The van der Waals surface area contributed by atoms with Crippen molar-refractivity contribution in [2.45, 2.75) is 33.4 Å². The van der Waals surface area contributed by atoms with Crippen LogP contribution in [0.2, 0.25) is 0 Å². The molecular weight excluding hydrogens is 176 g/mol. The van der Waals surface area contributed by atoms with Crippen LogP contribution in [0.4, 0.5) is 0 Å². The van der Waals surface area contributed by atoms with E-state index in [1.54, 1.807) is 6.33 Å². The minimum Gasteiger partial charge on any atom is -0.332 e. The molecule has 0 aliphatic rings. The van der Waals surface area contributed by atoms with Crippen molar-refractivity contribution in [1.29, 1.82) is 5.26 Å². The van der Waals surface area contributed by atoms with Crippen LogP contribution < -0.4 is 5.32 Å². The Labute approximate surface area is 84.6 Å². The molecule has 4 heteroatoms. The number of nitriles is 1. The average molecular weight is 192 g/mol. The second-order valence-electron chi connectivity index (χ2n) is 3.31. The SMILES string of the molecule is CCNC(C#N)Cn1cnc(C)c1C. The molecule has 0 amide bonds. The average Bonchev–Trinajstić information content (AvgIpc) is 2.49. The zero-order valence-electron chi connectivity index (χ0n) is 8.91. The van der Waals surface area contributed by atoms with E-state index in [1.165, 1.54) is 0 Å². The topological polar surface area (TPSA) is 53.6 Å². The summed E-state index contributed by atoms with van der Waals surface area (Å²) >= 11 is 0. The summed E-state index contributed by atoms with van der Waals surface area (Å²) in [5.41, 5.74) is 2.15. The van der Waals surface area contributed by atoms with Crippen LogP contribution in [-0.2, 0) is 6.54 Å². The van der Waals surface area contributed by atoms with Crippen molar-refractivity contribution in [2.24, 2.45) is 0 Å². The number of imidazole rings is 1. The van der Waals surface area contributed by atoms with E-state index in [1.807, 2.05) is 25.3 Å². The van der Waals surface area contributed by atoms with Gasteiger partial charge in [-0.05, 0) is 20.4 Å². The van der Waals surface area contributed by atoms with Crippen molar-refractivity contribution in [3.8, 4) is 6.07 Å². The number of hydrogen-bond donors (Lipinski definition) is 1. The van der Waals surface area contributed by atoms with Gasteiger partial charge in [0.1, 0.15) is 6.04 Å². The highest BCUT2D eigenvalue weighted by Crippen LogP contribution is 2.04. The molecule has 0 saturated heterocycles. The van der Waals surface area contributed by atoms with Crippen LogP contribution in [0.15, 0.2) is 6.33 Å². The first-order valence-corrected chi connectivity index (χ1v) is 4.80. The fourth-order valence-corrected chi connectivity index (χ4v) is 1.32. The molecule has 0 aromatic carbocycles. The summed E-state index contributed by atoms with van der Waals surface area (Å²) in [7, 11) is 0. The van der Waals surface area contributed by atoms with Crippen molar-refractivity contribution >= 4 is 0 Å². The first-order chi connectivity index (χ1) is 6.69. The van der Waals surface area contributed by atoms with Gasteiger partial charge in [0.2, 0.25) is 0 Å². The largest absolute Gasteiger partial charge is 0.332 e. The Morgan fingerprint density at radius 2 is 2.36 bits per heavy atom. The summed E-state index contributed by atoms with van der Waals surface area (Å²) in [6.07, 6.45) is 1.78. The molecule has 1 aromatic heterocycles. The Morgan fingerprint density at radius 1 is 1.64 bits per heavy atom. The van der Waals surface area contributed by atoms with E-state index in [0.717, 1.165) is 17.9 Å². The Kier molecular flexibility index (Phi) is 3.66. The molecule has 1 rings (SSSR count). The number of rotatable bonds is 4. The van der Waals surface area contributed by atoms with Crippen LogP contribution >= 0.6 is 0 Å². The van der Waals surface area contributed by atoms with E-state index >= 15 is 0 Å². The van der Waals surface area contributed by atoms with Gasteiger partial charge in [0, 0.05) is 5.69 Å². The maximum absolute atomic E-state index is 8.87. The molecule has 0 saturated carbocycles. The van der Waals surface area contributed by atoms with Crippen LogP contribution in [0.3, 0.4) is 0 Å². The molecule has 14 heavy (non-hydrogen) atoms. The highest BCUT2D eigenvalue weighted by Gasteiger charge is 2.08. The minimum absolute atomic E-state index is 0.132. The summed E-state index contributed by atoms with van der Waals surface area (Å²) in [6, 6.07) is 2.10. The van der Waals surface area contributed by atoms with Gasteiger partial charge in [0.15, 0.2) is 0 Å². The molecule has 0 bridgehead atoms. The van der Waals surface area contributed by atoms with E-state index in [2.05, 4.69) is 16.4 Å². The third kappa shape index (κ3) is 2.33. The molecule has 1 atom stereocenters. The minimum atomic E-state index is -0.132. The van der Waals surface area contributed by atoms with Gasteiger partial charge in [-0.1, -0.05) is 6.92 Å². The van der Waals surface area contributed by atoms with Crippen molar-refractivity contribution in [3.63, 3.8) is 0 Å². The second-order valence-corrected chi connectivity index (χ2v) is 3.31. The van der Waals surface area contributed by atoms with Gasteiger partial charge in [0.25, 0.3) is 0 Å². The van der Waals surface area contributed by atoms with E-state index in [9.17, 15) is 0 Å². The molecule has 76 valence electrons. The van der Waals surface area contributed by atoms with Gasteiger partial charge in [-0.25, -0.2) is 4.98 Å². The molecular formula is C10H16N4. The van der Waals surface area contributed by atoms with Gasteiger partial charge in [-0.2, -0.15) is 5.26 Å². The molecule has 1 heterocycles. The Bertz CT molecular complexity index is 334. The maximum Gasteiger partial charge on any atom is 0.113 e. The van der Waals surface area contributed by atoms with Crippen LogP contribution in [0, 0.1) is 25.2 Å². The Hall–Kier alpha value is -1.34. The number of aryl methyl sites for hydroxylation is 1. The number of nitrogens with zero attached hydrogens (tertiary/aromatic N) is 3. The highest BCUT2D eigenvalue weighted by molar-refractivity contribution is 5.09. The summed E-state index contributed by atoms with van der Waals surface area (Å²) in [6.45, 7) is 7.46. The lowest BCUT2D eigenvalue weighted by atomic mass is 10.3. The van der Waals surface area contributed by atoms with E-state index in [0.29, 0.717) is 6.54 Å². The lowest BCUT2D eigenvalue weighted by Gasteiger charge is -2.11. The van der Waals surface area contributed by atoms with E-state index in [-0.39, 0.29) is 6.04 Å². The smallest absolute Gasteiger partial charge is 0.113 e. The zero-order chi connectivity index (χ0) is 10.6. The molecule has 0 aliphatic carbocycles. The Morgan fingerprint density at radius 3 is 2.79 bits per heavy atom. The predicted octanol–water partition coefficient (Wildman–Crippen LogP) is 1.00. The standard InChI is InChI=1S/C10H16N4/c1-4-12-10(5-11)6-14-7-13-8(2)9(14)3/h7,10,12H,4,6H2,1-3H3. The molecule has 1 aromatic rings. The van der Waals surface area contributed by atoms with Gasteiger partial charge >= 0.3 is 0 Å². The third-order valence-electron chi connectivity index (χ3n) is 2.33. The third-order valence-corrected chi connectivity index (χ3v) is 2.33. The first-order valence-electron chi connectivity index (χ1n) is 4.80. The summed E-state index contributed by atoms with van der Waals surface area (Å²) in [5, 5.41) is 12.0. The van der Waals surface area contributed by atoms with Crippen molar-refractivity contribution in [3.05, 3.63) is 17.7 Å². The molecule has 0 spiro atoms. The fraction of sp³-hybridized carbons (Fsp3) is 0.600. The maximum atomic E-state index is 8.87. The first kappa shape index (κ1) is 10.7. The van der Waals surface area contributed by atoms with E-state index < -0.39 is 0 Å². The summed E-state index contributed by atoms with van der Waals surface area (Å²) in [4.78, 5) is 4.19. The molecule has 1 N–H and O–H groups in total. The Balaban J connectivity index is 2.68. The molecule has 0 radical (unpaired) electrons. The normalized spacial score (nSPS) is 12.4. The predicted molar refractivity (Wildman–Crippen MR) is 54.8 cm³/mol. The summed E-state index contributed by atoms with van der Waals surface area (Å²) < 4.78 is 2.01.